The summed E-state index contributed by atoms with van der Waals surface area (Å²) in [6.45, 7) is 1.64. The number of hydrogen-bond donors (Lipinski definition) is 1. The zero-order valence-corrected chi connectivity index (χ0v) is 17.8. The van der Waals surface area contributed by atoms with Gasteiger partial charge in [-0.05, 0) is 42.2 Å². The molecule has 0 atom stereocenters. The van der Waals surface area contributed by atoms with Gasteiger partial charge in [-0.1, -0.05) is 60.2 Å². The minimum absolute atomic E-state index is 0.194. The number of nitrogens with one attached hydrogen (secondary N) is 1. The van der Waals surface area contributed by atoms with Gasteiger partial charge >= 0.3 is 6.18 Å². The van der Waals surface area contributed by atoms with E-state index in [0.717, 1.165) is 17.2 Å². The molecule has 1 aliphatic rings. The van der Waals surface area contributed by atoms with Crippen LogP contribution in [0.15, 0.2) is 72.3 Å². The summed E-state index contributed by atoms with van der Waals surface area (Å²) >= 11 is 0. The Balaban J connectivity index is 1.35. The second kappa shape index (κ2) is 9.85. The molecule has 33 heavy (non-hydrogen) atoms. The summed E-state index contributed by atoms with van der Waals surface area (Å²) in [5, 5.41) is 11.0. The first-order chi connectivity index (χ1) is 15.9. The number of carbonyl (C=O) groups is 1. The first-order valence-electron chi connectivity index (χ1n) is 10.7. The molecule has 4 rings (SSSR count). The van der Waals surface area contributed by atoms with Crippen LogP contribution in [0.4, 0.5) is 19.0 Å². The maximum Gasteiger partial charge on any atom is 0.416 e. The summed E-state index contributed by atoms with van der Waals surface area (Å²) in [6, 6.07) is 18.6. The number of nitrogens with zero attached hydrogens (tertiary/aromatic N) is 3. The molecule has 0 unspecified atom stereocenters. The molecule has 1 aromatic heterocycles. The van der Waals surface area contributed by atoms with Crippen LogP contribution in [-0.2, 0) is 12.7 Å². The minimum atomic E-state index is -4.38. The molecule has 8 heteroatoms. The first kappa shape index (κ1) is 22.5. The van der Waals surface area contributed by atoms with Gasteiger partial charge in [-0.15, -0.1) is 10.2 Å². The Morgan fingerprint density at radius 2 is 1.64 bits per heavy atom. The van der Waals surface area contributed by atoms with Gasteiger partial charge in [0.1, 0.15) is 0 Å². The molecule has 1 N–H and O–H groups in total. The molecule has 170 valence electrons. The van der Waals surface area contributed by atoms with Gasteiger partial charge in [-0.2, -0.15) is 13.2 Å². The van der Waals surface area contributed by atoms with Gasteiger partial charge in [0.05, 0.1) is 5.56 Å². The molecular formula is C25H23F3N4O. The van der Waals surface area contributed by atoms with Crippen LogP contribution in [0.3, 0.4) is 0 Å². The highest BCUT2D eigenvalue weighted by atomic mass is 19.4. The highest BCUT2D eigenvalue weighted by molar-refractivity contribution is 5.92. The van der Waals surface area contributed by atoms with Crippen molar-refractivity contribution in [3.63, 3.8) is 0 Å². The van der Waals surface area contributed by atoms with Crippen LogP contribution in [0.5, 0.6) is 0 Å². The fourth-order valence-electron chi connectivity index (χ4n) is 3.75. The highest BCUT2D eigenvalue weighted by Gasteiger charge is 2.32. The Morgan fingerprint density at radius 3 is 2.30 bits per heavy atom. The van der Waals surface area contributed by atoms with Gasteiger partial charge in [0.25, 0.3) is 5.91 Å². The Bertz CT molecular complexity index is 1120. The third-order valence-electron chi connectivity index (χ3n) is 5.53. The van der Waals surface area contributed by atoms with Crippen molar-refractivity contribution in [2.24, 2.45) is 0 Å². The standard InChI is InChI=1S/C25H23F3N4O/c26-25(27,28)21-9-5-4-8-20(21)16-18-12-14-32(15-13-18)23-11-10-22(30-31-23)24(33)29-17-19-6-2-1-3-7-19/h1-11,16H,12-15,17H2,(H,29,33). The molecule has 0 spiro atoms. The van der Waals surface area contributed by atoms with Gasteiger partial charge in [0.2, 0.25) is 0 Å². The fourth-order valence-corrected chi connectivity index (χ4v) is 3.75. The second-order valence-corrected chi connectivity index (χ2v) is 7.82. The third-order valence-corrected chi connectivity index (χ3v) is 5.53. The number of carbonyl (C=O) groups excluding carboxylic acids is 1. The molecule has 2 heterocycles. The summed E-state index contributed by atoms with van der Waals surface area (Å²) in [7, 11) is 0. The largest absolute Gasteiger partial charge is 0.416 e. The van der Waals surface area contributed by atoms with Crippen molar-refractivity contribution in [3.05, 3.63) is 94.7 Å². The van der Waals surface area contributed by atoms with E-state index in [1.54, 1.807) is 24.3 Å². The van der Waals surface area contributed by atoms with Gasteiger partial charge < -0.3 is 10.2 Å². The minimum Gasteiger partial charge on any atom is -0.354 e. The molecule has 0 saturated carbocycles. The van der Waals surface area contributed by atoms with E-state index >= 15 is 0 Å². The van der Waals surface area contributed by atoms with Crippen molar-refractivity contribution >= 4 is 17.8 Å². The molecule has 0 bridgehead atoms. The van der Waals surface area contributed by atoms with Crippen LogP contribution in [-0.4, -0.2) is 29.2 Å². The molecule has 1 fully saturated rings. The topological polar surface area (TPSA) is 58.1 Å². The summed E-state index contributed by atoms with van der Waals surface area (Å²) < 4.78 is 39.7. The van der Waals surface area contributed by atoms with Crippen molar-refractivity contribution < 1.29 is 18.0 Å². The van der Waals surface area contributed by atoms with Crippen LogP contribution >= 0.6 is 0 Å². The number of anilines is 1. The molecule has 0 radical (unpaired) electrons. The van der Waals surface area contributed by atoms with Crippen molar-refractivity contribution in [1.82, 2.24) is 15.5 Å². The second-order valence-electron chi connectivity index (χ2n) is 7.82. The SMILES string of the molecule is O=C(NCc1ccccc1)c1ccc(N2CCC(=Cc3ccccc3C(F)(F)F)CC2)nn1. The summed E-state index contributed by atoms with van der Waals surface area (Å²) in [5.74, 6) is 0.342. The number of hydrogen-bond acceptors (Lipinski definition) is 4. The first-order valence-corrected chi connectivity index (χ1v) is 10.7. The van der Waals surface area contributed by atoms with E-state index in [1.807, 2.05) is 35.2 Å². The summed E-state index contributed by atoms with van der Waals surface area (Å²) in [6.07, 6.45) is -1.47. The van der Waals surface area contributed by atoms with Crippen LogP contribution in [0.2, 0.25) is 0 Å². The highest BCUT2D eigenvalue weighted by Crippen LogP contribution is 2.33. The third kappa shape index (κ3) is 5.77. The number of benzene rings is 2. The molecule has 1 amide bonds. The van der Waals surface area contributed by atoms with E-state index in [-0.39, 0.29) is 17.2 Å². The predicted octanol–water partition coefficient (Wildman–Crippen LogP) is 5.11. The normalized spacial score (nSPS) is 14.2. The van der Waals surface area contributed by atoms with Crippen LogP contribution in [0.1, 0.15) is 40.0 Å². The fraction of sp³-hybridized carbons (Fsp3) is 0.240. The van der Waals surface area contributed by atoms with Crippen molar-refractivity contribution in [2.75, 3.05) is 18.0 Å². The summed E-state index contributed by atoms with van der Waals surface area (Å²) in [4.78, 5) is 14.3. The number of halogens is 3. The molecule has 1 saturated heterocycles. The molecule has 3 aromatic rings. The van der Waals surface area contributed by atoms with E-state index < -0.39 is 11.7 Å². The van der Waals surface area contributed by atoms with Crippen molar-refractivity contribution in [3.8, 4) is 0 Å². The lowest BCUT2D eigenvalue weighted by Gasteiger charge is -2.29. The zero-order valence-electron chi connectivity index (χ0n) is 17.8. The molecule has 1 aliphatic heterocycles. The quantitative estimate of drug-likeness (QED) is 0.585. The van der Waals surface area contributed by atoms with E-state index in [9.17, 15) is 18.0 Å². The van der Waals surface area contributed by atoms with Crippen molar-refractivity contribution in [1.29, 1.82) is 0 Å². The number of rotatable bonds is 5. The molecule has 0 aliphatic carbocycles. The molecule has 5 nitrogen and oxygen atoms in total. The van der Waals surface area contributed by atoms with Gasteiger partial charge in [0.15, 0.2) is 11.5 Å². The van der Waals surface area contributed by atoms with E-state index in [2.05, 4.69) is 15.5 Å². The van der Waals surface area contributed by atoms with Crippen molar-refractivity contribution in [2.45, 2.75) is 25.6 Å². The average molecular weight is 452 g/mol. The smallest absolute Gasteiger partial charge is 0.354 e. The summed E-state index contributed by atoms with van der Waals surface area (Å²) in [5.41, 5.74) is 1.76. The van der Waals surface area contributed by atoms with Gasteiger partial charge in [-0.25, -0.2) is 0 Å². The Morgan fingerprint density at radius 1 is 0.939 bits per heavy atom. The predicted molar refractivity (Wildman–Crippen MR) is 121 cm³/mol. The number of alkyl halides is 3. The zero-order chi connectivity index (χ0) is 23.3. The van der Waals surface area contributed by atoms with Crippen LogP contribution < -0.4 is 10.2 Å². The lowest BCUT2D eigenvalue weighted by atomic mass is 9.98. The maximum absolute atomic E-state index is 13.2. The monoisotopic (exact) mass is 452 g/mol. The number of amides is 1. The number of aromatic nitrogens is 2. The lowest BCUT2D eigenvalue weighted by molar-refractivity contribution is -0.137. The number of piperidine rings is 1. The van der Waals surface area contributed by atoms with E-state index in [4.69, 9.17) is 0 Å². The lowest BCUT2D eigenvalue weighted by Crippen LogP contribution is -2.32. The maximum atomic E-state index is 13.2. The van der Waals surface area contributed by atoms with E-state index in [1.165, 1.54) is 12.1 Å². The van der Waals surface area contributed by atoms with Gasteiger partial charge in [-0.3, -0.25) is 4.79 Å². The van der Waals surface area contributed by atoms with Gasteiger partial charge in [0, 0.05) is 19.6 Å². The molecule has 2 aromatic carbocycles. The Labute approximate surface area is 190 Å². The Kier molecular flexibility index (Phi) is 6.72. The Hall–Kier alpha value is -3.68. The van der Waals surface area contributed by atoms with E-state index in [0.29, 0.717) is 38.3 Å². The van der Waals surface area contributed by atoms with Crippen LogP contribution in [0, 0.1) is 0 Å². The molecular weight excluding hydrogens is 429 g/mol. The van der Waals surface area contributed by atoms with Crippen LogP contribution in [0.25, 0.3) is 6.08 Å². The average Bonchev–Trinajstić information content (AvgIpc) is 2.83.